The summed E-state index contributed by atoms with van der Waals surface area (Å²) in [6, 6.07) is 13.7. The van der Waals surface area contributed by atoms with Crippen molar-refractivity contribution in [3.8, 4) is 5.75 Å². The molecule has 47 heavy (non-hydrogen) atoms. The van der Waals surface area contributed by atoms with Gasteiger partial charge in [-0.25, -0.2) is 16.8 Å². The van der Waals surface area contributed by atoms with Crippen molar-refractivity contribution in [1.82, 2.24) is 9.21 Å². The second-order valence-corrected chi connectivity index (χ2v) is 17.0. The summed E-state index contributed by atoms with van der Waals surface area (Å²) >= 11 is 1.14. The Morgan fingerprint density at radius 2 is 1.81 bits per heavy atom. The third kappa shape index (κ3) is 9.33. The quantitative estimate of drug-likeness (QED) is 0.318. The van der Waals surface area contributed by atoms with Crippen molar-refractivity contribution in [2.45, 2.75) is 74.3 Å². The number of nitrogens with one attached hydrogen (secondary N) is 1. The van der Waals surface area contributed by atoms with Gasteiger partial charge in [-0.1, -0.05) is 30.7 Å². The predicted molar refractivity (Wildman–Crippen MR) is 183 cm³/mol. The molecule has 11 nitrogen and oxygen atoms in total. The molecule has 1 amide bonds. The molecule has 0 radical (unpaired) electrons. The lowest BCUT2D eigenvalue weighted by Gasteiger charge is -2.35. The van der Waals surface area contributed by atoms with Gasteiger partial charge in [-0.05, 0) is 81.8 Å². The Labute approximate surface area is 282 Å². The molecule has 14 heteroatoms. The molecule has 2 N–H and O–H groups in total. The highest BCUT2D eigenvalue weighted by molar-refractivity contribution is 7.92. The van der Waals surface area contributed by atoms with Crippen molar-refractivity contribution in [2.24, 2.45) is 5.92 Å². The number of amides is 1. The number of aryl methyl sites for hydroxylation is 1. The maximum atomic E-state index is 14.3. The van der Waals surface area contributed by atoms with E-state index < -0.39 is 38.1 Å². The lowest BCUT2D eigenvalue weighted by Crippen LogP contribution is -2.48. The van der Waals surface area contributed by atoms with Crippen molar-refractivity contribution < 1.29 is 36.2 Å². The van der Waals surface area contributed by atoms with Crippen LogP contribution in [0.2, 0.25) is 0 Å². The molecule has 0 saturated heterocycles. The molecule has 4 rings (SSSR count). The highest BCUT2D eigenvalue weighted by atomic mass is 32.2. The number of benzene rings is 2. The predicted octanol–water partition coefficient (Wildman–Crippen LogP) is 4.97. The summed E-state index contributed by atoms with van der Waals surface area (Å²) in [5.74, 6) is -0.508. The first-order chi connectivity index (χ1) is 22.2. The van der Waals surface area contributed by atoms with E-state index in [1.165, 1.54) is 34.5 Å². The molecule has 0 saturated carbocycles. The number of rotatable bonds is 9. The lowest BCUT2D eigenvalue weighted by molar-refractivity contribution is -0.00832. The Kier molecular flexibility index (Phi) is 12.5. The first kappa shape index (κ1) is 36.8. The van der Waals surface area contributed by atoms with E-state index in [-0.39, 0.29) is 52.1 Å². The second-order valence-electron chi connectivity index (χ2n) is 12.1. The van der Waals surface area contributed by atoms with Crippen LogP contribution >= 0.6 is 11.3 Å². The van der Waals surface area contributed by atoms with Crippen LogP contribution in [0.3, 0.4) is 0 Å². The SMILES string of the molecule is Cc1ccc(S(=O)(=O)Nc2ccc3c(c2)C(=O)N([C@H](C)CO)C[C@H](C)[C@H](CN(C)S(=O)(=O)c2cccs2)OCCCC[C@H](C)O3)cc1. The minimum absolute atomic E-state index is 0.0674. The number of hydrogen-bond donors (Lipinski definition) is 2. The molecule has 258 valence electrons. The van der Waals surface area contributed by atoms with Gasteiger partial charge in [0.1, 0.15) is 9.96 Å². The van der Waals surface area contributed by atoms with E-state index in [0.717, 1.165) is 29.7 Å². The minimum atomic E-state index is -3.95. The van der Waals surface area contributed by atoms with Crippen LogP contribution in [0, 0.1) is 12.8 Å². The molecule has 2 heterocycles. The number of ether oxygens (including phenoxy) is 2. The fourth-order valence-electron chi connectivity index (χ4n) is 5.30. The van der Waals surface area contributed by atoms with E-state index in [0.29, 0.717) is 18.8 Å². The van der Waals surface area contributed by atoms with Crippen LogP contribution in [0.25, 0.3) is 0 Å². The molecule has 0 spiro atoms. The largest absolute Gasteiger partial charge is 0.490 e. The molecule has 0 unspecified atom stereocenters. The maximum absolute atomic E-state index is 14.3. The summed E-state index contributed by atoms with van der Waals surface area (Å²) in [6.07, 6.45) is 1.35. The standard InChI is InChI=1S/C33H45N3O8S3/c1-23-11-14-28(15-12-23)46(39,40)34-27-13-16-30-29(19-27)33(38)36(25(3)22-37)20-24(2)31(43-17-7-6-9-26(4)44-30)21-35(5)47(41,42)32-10-8-18-45-32/h8,10-16,18-19,24-26,31,34,37H,6-7,9,17,20-22H2,1-5H3/t24-,25+,26-,31-/m0/s1. The fourth-order valence-corrected chi connectivity index (χ4v) is 8.73. The Bertz CT molecular complexity index is 1700. The molecule has 3 aromatic rings. The van der Waals surface area contributed by atoms with Crippen LogP contribution in [0.4, 0.5) is 5.69 Å². The van der Waals surface area contributed by atoms with E-state index in [2.05, 4.69) is 4.72 Å². The molecule has 1 aliphatic rings. The third-order valence-electron chi connectivity index (χ3n) is 8.23. The van der Waals surface area contributed by atoms with Gasteiger partial charge in [-0.3, -0.25) is 9.52 Å². The van der Waals surface area contributed by atoms with Crippen molar-refractivity contribution in [1.29, 1.82) is 0 Å². The number of aliphatic hydroxyl groups excluding tert-OH is 1. The summed E-state index contributed by atoms with van der Waals surface area (Å²) in [5, 5.41) is 11.9. The number of sulfonamides is 2. The number of carbonyl (C=O) groups is 1. The lowest BCUT2D eigenvalue weighted by atomic mass is 10.0. The zero-order chi connectivity index (χ0) is 34.4. The van der Waals surface area contributed by atoms with Gasteiger partial charge in [0.15, 0.2) is 0 Å². The number of likely N-dealkylation sites (N-methyl/N-ethyl adjacent to an activating group) is 1. The van der Waals surface area contributed by atoms with Crippen LogP contribution in [0.1, 0.15) is 56.0 Å². The monoisotopic (exact) mass is 707 g/mol. The average Bonchev–Trinajstić information content (AvgIpc) is 3.59. The van der Waals surface area contributed by atoms with Gasteiger partial charge in [-0.15, -0.1) is 11.3 Å². The van der Waals surface area contributed by atoms with E-state index in [9.17, 15) is 26.7 Å². The number of fused-ring (bicyclic) bond motifs is 1. The summed E-state index contributed by atoms with van der Waals surface area (Å²) in [7, 11) is -6.17. The number of carbonyl (C=O) groups excluding carboxylic acids is 1. The van der Waals surface area contributed by atoms with E-state index in [1.807, 2.05) is 20.8 Å². The number of thiophene rings is 1. The Hall–Kier alpha value is -3.01. The van der Waals surface area contributed by atoms with E-state index >= 15 is 0 Å². The highest BCUT2D eigenvalue weighted by Gasteiger charge is 2.33. The van der Waals surface area contributed by atoms with Gasteiger partial charge < -0.3 is 19.5 Å². The number of aliphatic hydroxyl groups is 1. The minimum Gasteiger partial charge on any atom is -0.490 e. The van der Waals surface area contributed by atoms with Gasteiger partial charge in [-0.2, -0.15) is 4.31 Å². The van der Waals surface area contributed by atoms with Crippen molar-refractivity contribution in [3.05, 3.63) is 71.1 Å². The summed E-state index contributed by atoms with van der Waals surface area (Å²) in [6.45, 7) is 7.64. The number of hydrogen-bond acceptors (Lipinski definition) is 9. The van der Waals surface area contributed by atoms with Crippen molar-refractivity contribution in [3.63, 3.8) is 0 Å². The summed E-state index contributed by atoms with van der Waals surface area (Å²) in [5.41, 5.74) is 1.24. The Morgan fingerprint density at radius 3 is 2.47 bits per heavy atom. The number of anilines is 1. The third-order valence-corrected chi connectivity index (χ3v) is 12.8. The normalized spacial score (nSPS) is 21.0. The highest BCUT2D eigenvalue weighted by Crippen LogP contribution is 2.30. The summed E-state index contributed by atoms with van der Waals surface area (Å²) in [4.78, 5) is 15.9. The Morgan fingerprint density at radius 1 is 1.09 bits per heavy atom. The van der Waals surface area contributed by atoms with Crippen molar-refractivity contribution in [2.75, 3.05) is 38.1 Å². The molecule has 4 atom stereocenters. The maximum Gasteiger partial charge on any atom is 0.261 e. The number of nitrogens with zero attached hydrogens (tertiary/aromatic N) is 2. The summed E-state index contributed by atoms with van der Waals surface area (Å²) < 4.78 is 69.5. The van der Waals surface area contributed by atoms with E-state index in [1.54, 1.807) is 48.7 Å². The zero-order valence-corrected chi connectivity index (χ0v) is 29.9. The molecule has 1 aliphatic heterocycles. The second kappa shape index (κ2) is 15.9. The molecule has 2 aromatic carbocycles. The first-order valence-corrected chi connectivity index (χ1v) is 19.5. The van der Waals surface area contributed by atoms with Crippen LogP contribution in [-0.2, 0) is 24.8 Å². The van der Waals surface area contributed by atoms with Crippen LogP contribution < -0.4 is 9.46 Å². The molecule has 1 aromatic heterocycles. The van der Waals surface area contributed by atoms with Gasteiger partial charge in [0.05, 0.1) is 35.3 Å². The van der Waals surface area contributed by atoms with Gasteiger partial charge in [0.25, 0.3) is 26.0 Å². The average molecular weight is 708 g/mol. The van der Waals surface area contributed by atoms with Gasteiger partial charge in [0.2, 0.25) is 0 Å². The first-order valence-electron chi connectivity index (χ1n) is 15.7. The van der Waals surface area contributed by atoms with Crippen LogP contribution in [0.5, 0.6) is 5.75 Å². The van der Waals surface area contributed by atoms with Crippen LogP contribution in [-0.4, -0.2) is 88.7 Å². The Balaban J connectivity index is 1.68. The van der Waals surface area contributed by atoms with Crippen LogP contribution in [0.15, 0.2) is 69.1 Å². The molecule has 0 bridgehead atoms. The van der Waals surface area contributed by atoms with E-state index in [4.69, 9.17) is 9.47 Å². The molecular formula is C33H45N3O8S3. The fraction of sp³-hybridized carbons (Fsp3) is 0.485. The van der Waals surface area contributed by atoms with Gasteiger partial charge in [0, 0.05) is 38.3 Å². The zero-order valence-electron chi connectivity index (χ0n) is 27.5. The van der Waals surface area contributed by atoms with Crippen molar-refractivity contribution >= 4 is 43.0 Å². The van der Waals surface area contributed by atoms with Gasteiger partial charge >= 0.3 is 0 Å². The molecule has 0 aliphatic carbocycles. The smallest absolute Gasteiger partial charge is 0.261 e. The molecular weight excluding hydrogens is 663 g/mol. The topological polar surface area (TPSA) is 143 Å². The molecule has 0 fully saturated rings.